The van der Waals surface area contributed by atoms with Crippen LogP contribution in [-0.2, 0) is 10.0 Å². The molecule has 0 saturated heterocycles. The van der Waals surface area contributed by atoms with Gasteiger partial charge in [-0.1, -0.05) is 35.4 Å². The third-order valence-corrected chi connectivity index (χ3v) is 6.01. The average molecular weight is 425 g/mol. The Bertz CT molecular complexity index is 947. The molecule has 0 atom stereocenters. The molecule has 0 unspecified atom stereocenters. The molecule has 0 radical (unpaired) electrons. The number of halogens is 2. The number of hydrogen-bond donors (Lipinski definition) is 1. The monoisotopic (exact) mass is 424 g/mol. The SMILES string of the molecule is C=CCN(CC=C)S(=O)(=O)c1ccc(C(=O)Nc2cc(Cl)ccc2Cl)cc1. The topological polar surface area (TPSA) is 66.5 Å². The number of benzene rings is 2. The van der Waals surface area contributed by atoms with Crippen LogP contribution in [0.3, 0.4) is 0 Å². The molecule has 0 spiro atoms. The molecular formula is C19H18Cl2N2O3S. The molecule has 0 fully saturated rings. The van der Waals surface area contributed by atoms with Gasteiger partial charge in [0.05, 0.1) is 15.6 Å². The molecule has 0 aromatic heterocycles. The van der Waals surface area contributed by atoms with E-state index in [0.29, 0.717) is 15.7 Å². The summed E-state index contributed by atoms with van der Waals surface area (Å²) in [6.07, 6.45) is 3.00. The van der Waals surface area contributed by atoms with Gasteiger partial charge in [0.2, 0.25) is 10.0 Å². The first-order valence-corrected chi connectivity index (χ1v) is 10.1. The van der Waals surface area contributed by atoms with Gasteiger partial charge >= 0.3 is 0 Å². The first-order chi connectivity index (χ1) is 12.8. The first-order valence-electron chi connectivity index (χ1n) is 7.88. The van der Waals surface area contributed by atoms with E-state index < -0.39 is 15.9 Å². The highest BCUT2D eigenvalue weighted by atomic mass is 35.5. The van der Waals surface area contributed by atoms with Gasteiger partial charge in [0.1, 0.15) is 0 Å². The molecule has 0 saturated carbocycles. The highest BCUT2D eigenvalue weighted by Crippen LogP contribution is 2.26. The van der Waals surface area contributed by atoms with Gasteiger partial charge in [-0.2, -0.15) is 4.31 Å². The number of rotatable bonds is 8. The van der Waals surface area contributed by atoms with Crippen molar-refractivity contribution in [3.63, 3.8) is 0 Å². The van der Waals surface area contributed by atoms with Crippen LogP contribution in [0.25, 0.3) is 0 Å². The Morgan fingerprint density at radius 1 is 1.04 bits per heavy atom. The van der Waals surface area contributed by atoms with Gasteiger partial charge in [0, 0.05) is 23.7 Å². The number of nitrogens with zero attached hydrogens (tertiary/aromatic N) is 1. The van der Waals surface area contributed by atoms with Crippen LogP contribution < -0.4 is 5.32 Å². The first kappa shape index (κ1) is 21.2. The van der Waals surface area contributed by atoms with E-state index in [4.69, 9.17) is 23.2 Å². The molecule has 27 heavy (non-hydrogen) atoms. The van der Waals surface area contributed by atoms with Crippen molar-refractivity contribution in [2.24, 2.45) is 0 Å². The van der Waals surface area contributed by atoms with E-state index in [0.717, 1.165) is 0 Å². The Morgan fingerprint density at radius 3 is 2.19 bits per heavy atom. The zero-order valence-corrected chi connectivity index (χ0v) is 16.7. The summed E-state index contributed by atoms with van der Waals surface area (Å²) in [4.78, 5) is 12.5. The Morgan fingerprint density at radius 2 is 1.63 bits per heavy atom. The standard InChI is InChI=1S/C19H18Cl2N2O3S/c1-3-11-23(12-4-2)27(25,26)16-8-5-14(6-9-16)19(24)22-18-13-15(20)7-10-17(18)21/h3-10,13H,1-2,11-12H2,(H,22,24). The number of amides is 1. The van der Waals surface area contributed by atoms with Gasteiger partial charge in [-0.15, -0.1) is 13.2 Å². The molecule has 0 aliphatic carbocycles. The lowest BCUT2D eigenvalue weighted by atomic mass is 10.2. The van der Waals surface area contributed by atoms with Crippen molar-refractivity contribution in [3.8, 4) is 0 Å². The largest absolute Gasteiger partial charge is 0.321 e. The Kier molecular flexibility index (Phi) is 7.21. The molecule has 0 aliphatic heterocycles. The van der Waals surface area contributed by atoms with Crippen molar-refractivity contribution < 1.29 is 13.2 Å². The molecule has 1 amide bonds. The van der Waals surface area contributed by atoms with E-state index in [1.165, 1.54) is 46.8 Å². The third-order valence-electron chi connectivity index (χ3n) is 3.60. The lowest BCUT2D eigenvalue weighted by Gasteiger charge is -2.19. The van der Waals surface area contributed by atoms with Crippen LogP contribution >= 0.6 is 23.2 Å². The number of nitrogens with one attached hydrogen (secondary N) is 1. The molecule has 2 aromatic rings. The normalized spacial score (nSPS) is 11.2. The van der Waals surface area contributed by atoms with Gasteiger partial charge in [0.25, 0.3) is 5.91 Å². The van der Waals surface area contributed by atoms with Crippen molar-refractivity contribution in [2.75, 3.05) is 18.4 Å². The van der Waals surface area contributed by atoms with Crippen LogP contribution in [-0.4, -0.2) is 31.7 Å². The van der Waals surface area contributed by atoms with Crippen LogP contribution in [0.1, 0.15) is 10.4 Å². The summed E-state index contributed by atoms with van der Waals surface area (Å²) < 4.78 is 26.6. The van der Waals surface area contributed by atoms with Crippen molar-refractivity contribution >= 4 is 44.8 Å². The quantitative estimate of drug-likeness (QED) is 0.629. The number of carbonyl (C=O) groups is 1. The van der Waals surface area contributed by atoms with Crippen LogP contribution in [0.2, 0.25) is 10.0 Å². The van der Waals surface area contributed by atoms with Crippen LogP contribution in [0.15, 0.2) is 72.7 Å². The fourth-order valence-corrected chi connectivity index (χ4v) is 3.99. The minimum absolute atomic E-state index is 0.0727. The molecule has 0 heterocycles. The number of anilines is 1. The van der Waals surface area contributed by atoms with E-state index in [1.807, 2.05) is 0 Å². The second kappa shape index (κ2) is 9.19. The molecule has 2 rings (SSSR count). The van der Waals surface area contributed by atoms with Gasteiger partial charge in [-0.25, -0.2) is 8.42 Å². The summed E-state index contributed by atoms with van der Waals surface area (Å²) in [5, 5.41) is 3.42. The summed E-state index contributed by atoms with van der Waals surface area (Å²) in [7, 11) is -3.72. The van der Waals surface area contributed by atoms with E-state index in [2.05, 4.69) is 18.5 Å². The summed E-state index contributed by atoms with van der Waals surface area (Å²) in [6, 6.07) is 10.3. The van der Waals surface area contributed by atoms with E-state index in [1.54, 1.807) is 12.1 Å². The Labute approximate surface area is 169 Å². The highest BCUT2D eigenvalue weighted by Gasteiger charge is 2.22. The van der Waals surface area contributed by atoms with Crippen LogP contribution in [0, 0.1) is 0 Å². The molecule has 8 heteroatoms. The predicted octanol–water partition coefficient (Wildman–Crippen LogP) is 4.61. The number of sulfonamides is 1. The molecule has 0 aliphatic rings. The lowest BCUT2D eigenvalue weighted by Crippen LogP contribution is -2.31. The number of hydrogen-bond acceptors (Lipinski definition) is 3. The van der Waals surface area contributed by atoms with Crippen LogP contribution in [0.5, 0.6) is 0 Å². The zero-order chi connectivity index (χ0) is 20.0. The minimum atomic E-state index is -3.72. The molecule has 5 nitrogen and oxygen atoms in total. The van der Waals surface area contributed by atoms with Gasteiger partial charge in [-0.05, 0) is 42.5 Å². The molecule has 2 aromatic carbocycles. The van der Waals surface area contributed by atoms with Gasteiger partial charge in [-0.3, -0.25) is 4.79 Å². The molecule has 1 N–H and O–H groups in total. The second-order valence-corrected chi connectivity index (χ2v) is 8.28. The highest BCUT2D eigenvalue weighted by molar-refractivity contribution is 7.89. The maximum atomic E-state index is 12.7. The molecule has 142 valence electrons. The van der Waals surface area contributed by atoms with Crippen molar-refractivity contribution in [2.45, 2.75) is 4.90 Å². The smallest absolute Gasteiger partial charge is 0.255 e. The maximum absolute atomic E-state index is 12.7. The number of carbonyl (C=O) groups excluding carboxylic acids is 1. The summed E-state index contributed by atoms with van der Waals surface area (Å²) in [6.45, 7) is 7.45. The summed E-state index contributed by atoms with van der Waals surface area (Å²) in [5.74, 6) is -0.433. The van der Waals surface area contributed by atoms with Gasteiger partial charge < -0.3 is 5.32 Å². The maximum Gasteiger partial charge on any atom is 0.255 e. The van der Waals surface area contributed by atoms with E-state index in [-0.39, 0.29) is 23.5 Å². The summed E-state index contributed by atoms with van der Waals surface area (Å²) >= 11 is 11.9. The second-order valence-electron chi connectivity index (χ2n) is 5.50. The van der Waals surface area contributed by atoms with Crippen molar-refractivity contribution in [1.82, 2.24) is 4.31 Å². The van der Waals surface area contributed by atoms with E-state index in [9.17, 15) is 13.2 Å². The zero-order valence-electron chi connectivity index (χ0n) is 14.4. The van der Waals surface area contributed by atoms with Crippen LogP contribution in [0.4, 0.5) is 5.69 Å². The predicted molar refractivity (Wildman–Crippen MR) is 110 cm³/mol. The fourth-order valence-electron chi connectivity index (χ4n) is 2.27. The average Bonchev–Trinajstić information content (AvgIpc) is 2.64. The Balaban J connectivity index is 2.23. The van der Waals surface area contributed by atoms with Gasteiger partial charge in [0.15, 0.2) is 0 Å². The fraction of sp³-hybridized carbons (Fsp3) is 0.105. The molecular weight excluding hydrogens is 407 g/mol. The molecule has 0 bridgehead atoms. The Hall–Kier alpha value is -2.12. The van der Waals surface area contributed by atoms with Crippen molar-refractivity contribution in [3.05, 3.63) is 83.4 Å². The van der Waals surface area contributed by atoms with Crippen molar-refractivity contribution in [1.29, 1.82) is 0 Å². The minimum Gasteiger partial charge on any atom is -0.321 e. The lowest BCUT2D eigenvalue weighted by molar-refractivity contribution is 0.102. The summed E-state index contributed by atoms with van der Waals surface area (Å²) in [5.41, 5.74) is 0.651. The third kappa shape index (κ3) is 5.20. The van der Waals surface area contributed by atoms with E-state index >= 15 is 0 Å².